The van der Waals surface area contributed by atoms with Crippen molar-refractivity contribution in [2.45, 2.75) is 88.8 Å². The Morgan fingerprint density at radius 1 is 0.737 bits per heavy atom. The van der Waals surface area contributed by atoms with E-state index in [9.17, 15) is 0 Å². The predicted molar refractivity (Wildman–Crippen MR) is 80.1 cm³/mol. The predicted octanol–water partition coefficient (Wildman–Crippen LogP) is 4.53. The molecule has 0 bridgehead atoms. The van der Waals surface area contributed by atoms with Crippen molar-refractivity contribution in [1.82, 2.24) is 4.90 Å². The summed E-state index contributed by atoms with van der Waals surface area (Å²) in [7, 11) is 0. The van der Waals surface area contributed by atoms with Gasteiger partial charge in [0, 0.05) is 18.1 Å². The second-order valence-electron chi connectivity index (χ2n) is 7.41. The molecule has 3 aliphatic carbocycles. The van der Waals surface area contributed by atoms with Gasteiger partial charge in [0.1, 0.15) is 0 Å². The highest BCUT2D eigenvalue weighted by Crippen LogP contribution is 2.49. The van der Waals surface area contributed by atoms with Gasteiger partial charge in [-0.3, -0.25) is 4.90 Å². The molecule has 0 aromatic rings. The summed E-state index contributed by atoms with van der Waals surface area (Å²) in [5, 5.41) is 0. The lowest BCUT2D eigenvalue weighted by molar-refractivity contribution is 0.0878. The SMILES string of the molecule is C1=CC2C(CC1)C1CCCCC1N2C1CCCCC1. The van der Waals surface area contributed by atoms with E-state index >= 15 is 0 Å². The third kappa shape index (κ3) is 2.09. The minimum atomic E-state index is 0.824. The second kappa shape index (κ2) is 5.24. The van der Waals surface area contributed by atoms with Crippen LogP contribution in [0.4, 0.5) is 0 Å². The molecule has 3 fully saturated rings. The summed E-state index contributed by atoms with van der Waals surface area (Å²) in [6.45, 7) is 0. The molecular formula is C18H29N. The summed E-state index contributed by atoms with van der Waals surface area (Å²) in [6.07, 6.45) is 21.4. The van der Waals surface area contributed by atoms with Crippen LogP contribution < -0.4 is 0 Å². The number of hydrogen-bond donors (Lipinski definition) is 0. The Kier molecular flexibility index (Phi) is 3.43. The zero-order valence-corrected chi connectivity index (χ0v) is 12.3. The van der Waals surface area contributed by atoms with Crippen LogP contribution in [-0.2, 0) is 0 Å². The molecule has 4 atom stereocenters. The lowest BCUT2D eigenvalue weighted by atomic mass is 9.75. The molecule has 0 N–H and O–H groups in total. The van der Waals surface area contributed by atoms with Crippen LogP contribution in [0, 0.1) is 11.8 Å². The molecule has 4 rings (SSSR count). The number of rotatable bonds is 1. The first kappa shape index (κ1) is 12.4. The Bertz CT molecular complexity index is 342. The second-order valence-corrected chi connectivity index (χ2v) is 7.41. The van der Waals surface area contributed by atoms with Crippen molar-refractivity contribution in [3.63, 3.8) is 0 Å². The fourth-order valence-electron chi connectivity index (χ4n) is 5.75. The highest BCUT2D eigenvalue weighted by molar-refractivity contribution is 5.13. The first-order valence-electron chi connectivity index (χ1n) is 8.89. The Labute approximate surface area is 118 Å². The summed E-state index contributed by atoms with van der Waals surface area (Å²) in [5.41, 5.74) is 0. The number of fused-ring (bicyclic) bond motifs is 3. The standard InChI is InChI=1S/C18H29N/c1-2-8-14(9-3-1)19-17-12-6-4-10-15(17)16-11-5-7-13-18(16)19/h6,12,14-18H,1-5,7-11,13H2. The van der Waals surface area contributed by atoms with E-state index in [-0.39, 0.29) is 0 Å². The summed E-state index contributed by atoms with van der Waals surface area (Å²) in [6, 6.07) is 2.71. The van der Waals surface area contributed by atoms with Crippen LogP contribution in [0.1, 0.15) is 70.6 Å². The molecule has 19 heavy (non-hydrogen) atoms. The van der Waals surface area contributed by atoms with E-state index in [1.165, 1.54) is 70.6 Å². The number of nitrogens with zero attached hydrogens (tertiary/aromatic N) is 1. The van der Waals surface area contributed by atoms with Crippen molar-refractivity contribution >= 4 is 0 Å². The Hall–Kier alpha value is -0.300. The van der Waals surface area contributed by atoms with Crippen molar-refractivity contribution in [1.29, 1.82) is 0 Å². The van der Waals surface area contributed by atoms with Gasteiger partial charge in [0.25, 0.3) is 0 Å². The van der Waals surface area contributed by atoms with Gasteiger partial charge in [-0.2, -0.15) is 0 Å². The fraction of sp³-hybridized carbons (Fsp3) is 0.889. The molecule has 0 aromatic heterocycles. The maximum Gasteiger partial charge on any atom is 0.0315 e. The van der Waals surface area contributed by atoms with Gasteiger partial charge in [-0.25, -0.2) is 0 Å². The lowest BCUT2D eigenvalue weighted by Crippen LogP contribution is -2.46. The van der Waals surface area contributed by atoms with Gasteiger partial charge >= 0.3 is 0 Å². The molecule has 0 amide bonds. The average Bonchev–Trinajstić information content (AvgIpc) is 2.83. The summed E-state index contributed by atoms with van der Waals surface area (Å²) in [5.74, 6) is 2.06. The van der Waals surface area contributed by atoms with E-state index in [1.54, 1.807) is 0 Å². The highest BCUT2D eigenvalue weighted by Gasteiger charge is 2.50. The molecule has 1 heteroatoms. The number of hydrogen-bond acceptors (Lipinski definition) is 1. The van der Waals surface area contributed by atoms with Crippen molar-refractivity contribution in [3.8, 4) is 0 Å². The zero-order valence-electron chi connectivity index (χ0n) is 12.3. The summed E-state index contributed by atoms with van der Waals surface area (Å²) in [4.78, 5) is 3.03. The van der Waals surface area contributed by atoms with E-state index in [2.05, 4.69) is 17.1 Å². The van der Waals surface area contributed by atoms with Gasteiger partial charge in [-0.05, 0) is 50.4 Å². The summed E-state index contributed by atoms with van der Waals surface area (Å²) >= 11 is 0. The van der Waals surface area contributed by atoms with Crippen molar-refractivity contribution < 1.29 is 0 Å². The quantitative estimate of drug-likeness (QED) is 0.625. The molecule has 1 nitrogen and oxygen atoms in total. The Morgan fingerprint density at radius 2 is 1.53 bits per heavy atom. The highest BCUT2D eigenvalue weighted by atomic mass is 15.3. The first-order valence-corrected chi connectivity index (χ1v) is 8.89. The number of allylic oxidation sites excluding steroid dienone is 1. The van der Waals surface area contributed by atoms with E-state index in [1.807, 2.05) is 0 Å². The number of likely N-dealkylation sites (tertiary alicyclic amines) is 1. The van der Waals surface area contributed by atoms with Crippen LogP contribution in [0.3, 0.4) is 0 Å². The lowest BCUT2D eigenvalue weighted by Gasteiger charge is -2.41. The topological polar surface area (TPSA) is 3.24 Å². The normalized spacial score (nSPS) is 44.0. The molecule has 4 aliphatic rings. The van der Waals surface area contributed by atoms with Gasteiger partial charge in [0.2, 0.25) is 0 Å². The van der Waals surface area contributed by atoms with E-state index in [0.717, 1.165) is 30.0 Å². The molecule has 1 heterocycles. The molecule has 0 aromatic carbocycles. The maximum atomic E-state index is 3.03. The molecule has 2 saturated carbocycles. The van der Waals surface area contributed by atoms with Crippen LogP contribution in [0.25, 0.3) is 0 Å². The van der Waals surface area contributed by atoms with Gasteiger partial charge in [0.05, 0.1) is 0 Å². The molecule has 1 aliphatic heterocycles. The van der Waals surface area contributed by atoms with Crippen LogP contribution in [0.5, 0.6) is 0 Å². The van der Waals surface area contributed by atoms with Crippen molar-refractivity contribution in [3.05, 3.63) is 12.2 Å². The molecule has 106 valence electrons. The monoisotopic (exact) mass is 259 g/mol. The van der Waals surface area contributed by atoms with E-state index in [4.69, 9.17) is 0 Å². The van der Waals surface area contributed by atoms with E-state index in [0.29, 0.717) is 0 Å². The van der Waals surface area contributed by atoms with Crippen LogP contribution in [0.15, 0.2) is 12.2 Å². The van der Waals surface area contributed by atoms with Gasteiger partial charge < -0.3 is 0 Å². The molecular weight excluding hydrogens is 230 g/mol. The smallest absolute Gasteiger partial charge is 0.0315 e. The minimum absolute atomic E-state index is 0.824. The minimum Gasteiger partial charge on any atom is -0.290 e. The Morgan fingerprint density at radius 3 is 2.42 bits per heavy atom. The first-order chi connectivity index (χ1) is 9.45. The van der Waals surface area contributed by atoms with Crippen LogP contribution >= 0.6 is 0 Å². The van der Waals surface area contributed by atoms with E-state index < -0.39 is 0 Å². The fourth-order valence-corrected chi connectivity index (χ4v) is 5.75. The zero-order chi connectivity index (χ0) is 12.7. The van der Waals surface area contributed by atoms with Crippen LogP contribution in [-0.4, -0.2) is 23.0 Å². The van der Waals surface area contributed by atoms with Crippen molar-refractivity contribution in [2.75, 3.05) is 0 Å². The van der Waals surface area contributed by atoms with Gasteiger partial charge in [-0.15, -0.1) is 0 Å². The molecule has 0 spiro atoms. The molecule has 0 radical (unpaired) electrons. The Balaban J connectivity index is 1.62. The maximum absolute atomic E-state index is 3.03. The summed E-state index contributed by atoms with van der Waals surface area (Å²) < 4.78 is 0. The molecule has 1 saturated heterocycles. The van der Waals surface area contributed by atoms with Crippen LogP contribution in [0.2, 0.25) is 0 Å². The molecule has 4 unspecified atom stereocenters. The average molecular weight is 259 g/mol. The largest absolute Gasteiger partial charge is 0.290 e. The third-order valence-corrected chi connectivity index (χ3v) is 6.49. The van der Waals surface area contributed by atoms with Crippen molar-refractivity contribution in [2.24, 2.45) is 11.8 Å². The van der Waals surface area contributed by atoms with Gasteiger partial charge in [-0.1, -0.05) is 44.3 Å². The van der Waals surface area contributed by atoms with Gasteiger partial charge in [0.15, 0.2) is 0 Å². The third-order valence-electron chi connectivity index (χ3n) is 6.49.